The fourth-order valence-electron chi connectivity index (χ4n) is 3.47. The van der Waals surface area contributed by atoms with Gasteiger partial charge in [-0.25, -0.2) is 9.37 Å². The lowest BCUT2D eigenvalue weighted by molar-refractivity contribution is 0.232. The molecule has 1 aromatic carbocycles. The van der Waals surface area contributed by atoms with Crippen LogP contribution in [0.15, 0.2) is 46.6 Å². The lowest BCUT2D eigenvalue weighted by Gasteiger charge is -2.27. The molecule has 0 saturated carbocycles. The first-order chi connectivity index (χ1) is 13.9. The number of hydrogen-bond acceptors (Lipinski definition) is 6. The molecule has 0 aliphatic carbocycles. The van der Waals surface area contributed by atoms with E-state index in [-0.39, 0.29) is 12.4 Å². The number of allylic oxidation sites excluding steroid dienone is 1. The average Bonchev–Trinajstić information content (AvgIpc) is 3.39. The summed E-state index contributed by atoms with van der Waals surface area (Å²) in [4.78, 5) is 8.91. The number of halogens is 1. The molecule has 0 radical (unpaired) electrons. The summed E-state index contributed by atoms with van der Waals surface area (Å²) in [5.41, 5.74) is 1.71. The molecule has 1 unspecified atom stereocenters. The zero-order valence-corrected chi connectivity index (χ0v) is 18.2. The van der Waals surface area contributed by atoms with Crippen molar-refractivity contribution in [3.63, 3.8) is 0 Å². The Morgan fingerprint density at radius 1 is 1.38 bits per heavy atom. The fourth-order valence-corrected chi connectivity index (χ4v) is 4.28. The van der Waals surface area contributed by atoms with Gasteiger partial charge in [0.15, 0.2) is 5.13 Å². The first-order valence-electron chi connectivity index (χ1n) is 9.69. The molecule has 8 heteroatoms. The van der Waals surface area contributed by atoms with Crippen LogP contribution in [0.3, 0.4) is 0 Å². The van der Waals surface area contributed by atoms with E-state index in [2.05, 4.69) is 4.90 Å². The Kier molecular flexibility index (Phi) is 6.87. The van der Waals surface area contributed by atoms with Gasteiger partial charge < -0.3 is 14.9 Å². The molecule has 2 heterocycles. The molecular weight excluding hydrogens is 389 g/mol. The van der Waals surface area contributed by atoms with Crippen molar-refractivity contribution >= 4 is 22.3 Å². The molecular formula is C21H28FN5OS. The molecule has 2 aromatic rings. The Labute approximate surface area is 175 Å². The molecule has 1 aromatic heterocycles. The van der Waals surface area contributed by atoms with Crippen LogP contribution in [-0.4, -0.2) is 59.6 Å². The van der Waals surface area contributed by atoms with Crippen LogP contribution < -0.4 is 4.90 Å². The SMILES string of the molecule is CC=C(N(C)N=C(C)N1CCC(CO)C1)N(C)c1nc(-c2ccc(F)cc2)cs1. The fraction of sp³-hybridized carbons (Fsp3) is 0.429. The van der Waals surface area contributed by atoms with Gasteiger partial charge in [-0.05, 0) is 50.6 Å². The van der Waals surface area contributed by atoms with E-state index in [0.717, 1.165) is 47.6 Å². The smallest absolute Gasteiger partial charge is 0.191 e. The summed E-state index contributed by atoms with van der Waals surface area (Å²) in [5.74, 6) is 1.91. The van der Waals surface area contributed by atoms with Crippen LogP contribution in [0.1, 0.15) is 20.3 Å². The highest BCUT2D eigenvalue weighted by Crippen LogP contribution is 2.29. The number of anilines is 1. The zero-order valence-electron chi connectivity index (χ0n) is 17.3. The molecule has 6 nitrogen and oxygen atoms in total. The number of nitrogens with zero attached hydrogens (tertiary/aromatic N) is 5. The molecule has 1 fully saturated rings. The molecule has 1 aliphatic heterocycles. The third-order valence-corrected chi connectivity index (χ3v) is 6.07. The average molecular weight is 418 g/mol. The Balaban J connectivity index is 1.72. The van der Waals surface area contributed by atoms with Gasteiger partial charge in [-0.15, -0.1) is 11.3 Å². The maximum atomic E-state index is 13.2. The van der Waals surface area contributed by atoms with Crippen molar-refractivity contribution in [2.45, 2.75) is 20.3 Å². The predicted octanol–water partition coefficient (Wildman–Crippen LogP) is 3.83. The van der Waals surface area contributed by atoms with Gasteiger partial charge >= 0.3 is 0 Å². The number of aliphatic hydroxyl groups is 1. The van der Waals surface area contributed by atoms with Gasteiger partial charge in [0.2, 0.25) is 0 Å². The van der Waals surface area contributed by atoms with Gasteiger partial charge in [-0.1, -0.05) is 0 Å². The monoisotopic (exact) mass is 417 g/mol. The number of aromatic nitrogens is 1. The van der Waals surface area contributed by atoms with E-state index in [1.165, 1.54) is 23.5 Å². The number of hydrazone groups is 1. The van der Waals surface area contributed by atoms with Gasteiger partial charge in [0.05, 0.1) is 5.69 Å². The van der Waals surface area contributed by atoms with Gasteiger partial charge in [0.25, 0.3) is 0 Å². The molecule has 0 spiro atoms. The highest BCUT2D eigenvalue weighted by Gasteiger charge is 2.23. The van der Waals surface area contributed by atoms with Crippen molar-refractivity contribution < 1.29 is 9.50 Å². The van der Waals surface area contributed by atoms with E-state index in [1.807, 2.05) is 49.3 Å². The largest absolute Gasteiger partial charge is 0.396 e. The lowest BCUT2D eigenvalue weighted by atomic mass is 10.1. The third kappa shape index (κ3) is 4.94. The minimum absolute atomic E-state index is 0.225. The van der Waals surface area contributed by atoms with Crippen LogP contribution in [0.5, 0.6) is 0 Å². The Morgan fingerprint density at radius 3 is 2.72 bits per heavy atom. The topological polar surface area (TPSA) is 55.2 Å². The summed E-state index contributed by atoms with van der Waals surface area (Å²) in [6.45, 7) is 5.96. The molecule has 1 atom stereocenters. The highest BCUT2D eigenvalue weighted by molar-refractivity contribution is 7.14. The summed E-state index contributed by atoms with van der Waals surface area (Å²) in [6, 6.07) is 6.36. The summed E-state index contributed by atoms with van der Waals surface area (Å²) < 4.78 is 13.2. The van der Waals surface area contributed by atoms with E-state index in [9.17, 15) is 9.50 Å². The van der Waals surface area contributed by atoms with Crippen LogP contribution in [-0.2, 0) is 0 Å². The van der Waals surface area contributed by atoms with Gasteiger partial charge in [-0.2, -0.15) is 5.10 Å². The first kappa shape index (κ1) is 21.3. The molecule has 0 bridgehead atoms. The van der Waals surface area contributed by atoms with Crippen molar-refractivity contribution in [1.29, 1.82) is 0 Å². The Bertz CT molecular complexity index is 879. The number of benzene rings is 1. The summed E-state index contributed by atoms with van der Waals surface area (Å²) in [5, 5.41) is 18.7. The van der Waals surface area contributed by atoms with Gasteiger partial charge in [0.1, 0.15) is 17.5 Å². The number of amidine groups is 1. The van der Waals surface area contributed by atoms with Crippen molar-refractivity contribution in [3.8, 4) is 11.3 Å². The molecule has 29 heavy (non-hydrogen) atoms. The molecule has 3 rings (SSSR count). The molecule has 0 amide bonds. The molecule has 156 valence electrons. The van der Waals surface area contributed by atoms with E-state index >= 15 is 0 Å². The molecule has 1 aliphatic rings. The second-order valence-electron chi connectivity index (χ2n) is 7.18. The Hall–Kier alpha value is -2.45. The number of rotatable bonds is 6. The highest BCUT2D eigenvalue weighted by atomic mass is 32.1. The van der Waals surface area contributed by atoms with Crippen molar-refractivity contribution in [2.24, 2.45) is 11.0 Å². The Morgan fingerprint density at radius 2 is 2.10 bits per heavy atom. The van der Waals surface area contributed by atoms with E-state index in [1.54, 1.807) is 12.1 Å². The predicted molar refractivity (Wildman–Crippen MR) is 117 cm³/mol. The van der Waals surface area contributed by atoms with Crippen LogP contribution in [0.4, 0.5) is 9.52 Å². The van der Waals surface area contributed by atoms with Crippen LogP contribution in [0.25, 0.3) is 11.3 Å². The van der Waals surface area contributed by atoms with Gasteiger partial charge in [-0.3, -0.25) is 5.01 Å². The summed E-state index contributed by atoms with van der Waals surface area (Å²) in [7, 11) is 3.88. The van der Waals surface area contributed by atoms with E-state index in [4.69, 9.17) is 10.1 Å². The number of aliphatic hydroxyl groups excluding tert-OH is 1. The van der Waals surface area contributed by atoms with Crippen LogP contribution >= 0.6 is 11.3 Å². The quantitative estimate of drug-likeness (QED) is 0.440. The zero-order chi connectivity index (χ0) is 21.0. The number of hydrogen-bond donors (Lipinski definition) is 1. The van der Waals surface area contributed by atoms with Crippen molar-refractivity contribution in [2.75, 3.05) is 38.7 Å². The van der Waals surface area contributed by atoms with Gasteiger partial charge in [0, 0.05) is 50.7 Å². The maximum Gasteiger partial charge on any atom is 0.191 e. The minimum Gasteiger partial charge on any atom is -0.396 e. The van der Waals surface area contributed by atoms with E-state index < -0.39 is 0 Å². The molecule has 1 saturated heterocycles. The summed E-state index contributed by atoms with van der Waals surface area (Å²) in [6.07, 6.45) is 2.99. The first-order valence-corrected chi connectivity index (χ1v) is 10.6. The number of likely N-dealkylation sites (tertiary alicyclic amines) is 1. The van der Waals surface area contributed by atoms with Crippen LogP contribution in [0, 0.1) is 11.7 Å². The normalized spacial score (nSPS) is 17.7. The summed E-state index contributed by atoms with van der Waals surface area (Å²) >= 11 is 1.53. The van der Waals surface area contributed by atoms with E-state index in [0.29, 0.717) is 5.92 Å². The number of thiazole rings is 1. The molecule has 1 N–H and O–H groups in total. The lowest BCUT2D eigenvalue weighted by Crippen LogP contribution is -2.32. The second kappa shape index (κ2) is 9.37. The van der Waals surface area contributed by atoms with Crippen molar-refractivity contribution in [1.82, 2.24) is 14.9 Å². The minimum atomic E-state index is -0.254. The van der Waals surface area contributed by atoms with Crippen molar-refractivity contribution in [3.05, 3.63) is 47.4 Å². The third-order valence-electron chi connectivity index (χ3n) is 5.15. The standard InChI is InChI=1S/C21H28FN5OS/c1-5-20(26(4)24-15(2)27-11-10-16(12-27)13-28)25(3)21-23-19(14-29-21)17-6-8-18(22)9-7-17/h5-9,14,16,28H,10-13H2,1-4H3. The van der Waals surface area contributed by atoms with Crippen LogP contribution in [0.2, 0.25) is 0 Å². The maximum absolute atomic E-state index is 13.2. The second-order valence-corrected chi connectivity index (χ2v) is 8.02.